The Morgan fingerprint density at radius 3 is 2.33 bits per heavy atom. The van der Waals surface area contributed by atoms with E-state index < -0.39 is 17.5 Å². The Bertz CT molecular complexity index is 890. The van der Waals surface area contributed by atoms with Gasteiger partial charge in [-0.05, 0) is 30.0 Å². The summed E-state index contributed by atoms with van der Waals surface area (Å²) < 4.78 is 0. The van der Waals surface area contributed by atoms with Crippen LogP contribution in [0.15, 0.2) is 48.5 Å². The van der Waals surface area contributed by atoms with Gasteiger partial charge in [-0.15, -0.1) is 0 Å². The summed E-state index contributed by atoms with van der Waals surface area (Å²) in [6.07, 6.45) is 0. The van der Waals surface area contributed by atoms with Crippen LogP contribution in [0.3, 0.4) is 0 Å². The van der Waals surface area contributed by atoms with Gasteiger partial charge in [0.15, 0.2) is 0 Å². The minimum absolute atomic E-state index is 0.0172. The summed E-state index contributed by atoms with van der Waals surface area (Å²) in [6, 6.07) is 14.7. The van der Waals surface area contributed by atoms with Gasteiger partial charge in [-0.1, -0.05) is 61.9 Å². The van der Waals surface area contributed by atoms with Crippen molar-refractivity contribution in [2.75, 3.05) is 6.54 Å². The van der Waals surface area contributed by atoms with Crippen molar-refractivity contribution in [2.24, 2.45) is 5.92 Å². The summed E-state index contributed by atoms with van der Waals surface area (Å²) in [4.78, 5) is 36.7. The number of rotatable bonds is 5. The lowest BCUT2D eigenvalue weighted by molar-refractivity contribution is -0.125. The van der Waals surface area contributed by atoms with Crippen LogP contribution in [0.4, 0.5) is 4.79 Å². The fourth-order valence-corrected chi connectivity index (χ4v) is 3.22. The molecule has 2 aromatic rings. The fraction of sp³-hybridized carbons (Fsp3) is 0.286. The molecule has 3 rings (SSSR count). The molecule has 6 heteroatoms. The Morgan fingerprint density at radius 1 is 1.07 bits per heavy atom. The minimum Gasteiger partial charge on any atom is -0.349 e. The lowest BCUT2D eigenvalue weighted by Gasteiger charge is -2.30. The standard InChI is InChI=1S/C21H23N3O3/c1-13(2)21(19(26)23-20(27)24-21)12-22-18(25)17-7-5-4-6-16(17)15-10-8-14(3)9-11-15/h4-11,13H,12H2,1-3H3,(H,22,25)(H2,23,24,26,27). The van der Waals surface area contributed by atoms with Gasteiger partial charge in [0.05, 0.1) is 6.54 Å². The number of benzene rings is 2. The molecular weight excluding hydrogens is 342 g/mol. The van der Waals surface area contributed by atoms with Crippen LogP contribution in [0.1, 0.15) is 29.8 Å². The molecule has 2 aromatic carbocycles. The van der Waals surface area contributed by atoms with Crippen molar-refractivity contribution in [3.63, 3.8) is 0 Å². The van der Waals surface area contributed by atoms with E-state index in [-0.39, 0.29) is 18.4 Å². The topological polar surface area (TPSA) is 87.3 Å². The zero-order valence-corrected chi connectivity index (χ0v) is 15.6. The Labute approximate surface area is 158 Å². The summed E-state index contributed by atoms with van der Waals surface area (Å²) in [5, 5.41) is 7.74. The first-order chi connectivity index (χ1) is 12.8. The second-order valence-electron chi connectivity index (χ2n) is 7.13. The third kappa shape index (κ3) is 3.56. The third-order valence-electron chi connectivity index (χ3n) is 5.02. The lowest BCUT2D eigenvalue weighted by Crippen LogP contribution is -2.58. The van der Waals surface area contributed by atoms with E-state index in [9.17, 15) is 14.4 Å². The van der Waals surface area contributed by atoms with Gasteiger partial charge in [-0.25, -0.2) is 4.79 Å². The van der Waals surface area contributed by atoms with Gasteiger partial charge in [0, 0.05) is 5.56 Å². The third-order valence-corrected chi connectivity index (χ3v) is 5.02. The highest BCUT2D eigenvalue weighted by atomic mass is 16.2. The van der Waals surface area contributed by atoms with E-state index in [0.29, 0.717) is 5.56 Å². The van der Waals surface area contributed by atoms with E-state index in [4.69, 9.17) is 0 Å². The SMILES string of the molecule is Cc1ccc(-c2ccccc2C(=O)NCC2(C(C)C)NC(=O)NC2=O)cc1. The van der Waals surface area contributed by atoms with E-state index in [2.05, 4.69) is 16.0 Å². The highest BCUT2D eigenvalue weighted by molar-refractivity contribution is 6.08. The molecule has 4 amide bonds. The summed E-state index contributed by atoms with van der Waals surface area (Å²) in [7, 11) is 0. The van der Waals surface area contributed by atoms with Gasteiger partial charge in [-0.2, -0.15) is 0 Å². The Balaban J connectivity index is 1.84. The van der Waals surface area contributed by atoms with Crippen LogP contribution in [-0.4, -0.2) is 29.9 Å². The fourth-order valence-electron chi connectivity index (χ4n) is 3.22. The second-order valence-corrected chi connectivity index (χ2v) is 7.13. The molecular formula is C21H23N3O3. The molecule has 1 saturated heterocycles. The van der Waals surface area contributed by atoms with Crippen LogP contribution < -0.4 is 16.0 Å². The van der Waals surface area contributed by atoms with Crippen LogP contribution in [0.25, 0.3) is 11.1 Å². The number of carbonyl (C=O) groups excluding carboxylic acids is 3. The Hall–Kier alpha value is -3.15. The van der Waals surface area contributed by atoms with Crippen molar-refractivity contribution < 1.29 is 14.4 Å². The smallest absolute Gasteiger partial charge is 0.322 e. The molecule has 0 aliphatic carbocycles. The maximum atomic E-state index is 12.9. The molecule has 0 saturated carbocycles. The van der Waals surface area contributed by atoms with Gasteiger partial charge in [0.1, 0.15) is 5.54 Å². The van der Waals surface area contributed by atoms with E-state index >= 15 is 0 Å². The average Bonchev–Trinajstić information content (AvgIpc) is 2.95. The number of hydrogen-bond acceptors (Lipinski definition) is 3. The quantitative estimate of drug-likeness (QED) is 0.712. The van der Waals surface area contributed by atoms with Crippen LogP contribution in [0, 0.1) is 12.8 Å². The van der Waals surface area contributed by atoms with Crippen molar-refractivity contribution in [3.8, 4) is 11.1 Å². The maximum Gasteiger partial charge on any atom is 0.322 e. The predicted molar refractivity (Wildman–Crippen MR) is 103 cm³/mol. The molecule has 0 spiro atoms. The molecule has 1 heterocycles. The van der Waals surface area contributed by atoms with Crippen molar-refractivity contribution in [1.82, 2.24) is 16.0 Å². The van der Waals surface area contributed by atoms with Crippen molar-refractivity contribution in [3.05, 3.63) is 59.7 Å². The molecule has 1 fully saturated rings. The van der Waals surface area contributed by atoms with Crippen LogP contribution in [-0.2, 0) is 4.79 Å². The molecule has 0 radical (unpaired) electrons. The molecule has 1 atom stereocenters. The number of carbonyl (C=O) groups is 3. The highest BCUT2D eigenvalue weighted by Gasteiger charge is 2.48. The molecule has 1 aliphatic rings. The number of hydrogen-bond donors (Lipinski definition) is 3. The van der Waals surface area contributed by atoms with Gasteiger partial charge in [-0.3, -0.25) is 14.9 Å². The largest absolute Gasteiger partial charge is 0.349 e. The first-order valence-corrected chi connectivity index (χ1v) is 8.91. The molecule has 1 aliphatic heterocycles. The number of aryl methyl sites for hydroxylation is 1. The predicted octanol–water partition coefficient (Wildman–Crippen LogP) is 2.63. The highest BCUT2D eigenvalue weighted by Crippen LogP contribution is 2.25. The number of amides is 4. The normalized spacial score (nSPS) is 19.0. The zero-order chi connectivity index (χ0) is 19.6. The second kappa shape index (κ2) is 7.23. The number of urea groups is 1. The molecule has 0 bridgehead atoms. The molecule has 3 N–H and O–H groups in total. The molecule has 1 unspecified atom stereocenters. The van der Waals surface area contributed by atoms with Crippen molar-refractivity contribution >= 4 is 17.8 Å². The monoisotopic (exact) mass is 365 g/mol. The van der Waals surface area contributed by atoms with Crippen molar-refractivity contribution in [2.45, 2.75) is 26.3 Å². The lowest BCUT2D eigenvalue weighted by atomic mass is 9.86. The summed E-state index contributed by atoms with van der Waals surface area (Å²) in [5.41, 5.74) is 2.27. The van der Waals surface area contributed by atoms with E-state index in [1.165, 1.54) is 0 Å². The molecule has 0 aromatic heterocycles. The zero-order valence-electron chi connectivity index (χ0n) is 15.6. The van der Waals surface area contributed by atoms with Crippen molar-refractivity contribution in [1.29, 1.82) is 0 Å². The Kier molecular flexibility index (Phi) is 4.99. The molecule has 6 nitrogen and oxygen atoms in total. The summed E-state index contributed by atoms with van der Waals surface area (Å²) >= 11 is 0. The van der Waals surface area contributed by atoms with E-state index in [1.54, 1.807) is 12.1 Å². The van der Waals surface area contributed by atoms with Crippen LogP contribution >= 0.6 is 0 Å². The van der Waals surface area contributed by atoms with Gasteiger partial charge >= 0.3 is 6.03 Å². The number of nitrogens with one attached hydrogen (secondary N) is 3. The van der Waals surface area contributed by atoms with Gasteiger partial charge < -0.3 is 10.6 Å². The van der Waals surface area contributed by atoms with Gasteiger partial charge in [0.25, 0.3) is 11.8 Å². The van der Waals surface area contributed by atoms with E-state index in [1.807, 2.05) is 57.2 Å². The molecule has 140 valence electrons. The molecule has 27 heavy (non-hydrogen) atoms. The summed E-state index contributed by atoms with van der Waals surface area (Å²) in [6.45, 7) is 5.69. The van der Waals surface area contributed by atoms with Gasteiger partial charge in [0.2, 0.25) is 0 Å². The Morgan fingerprint density at radius 2 is 1.74 bits per heavy atom. The average molecular weight is 365 g/mol. The first-order valence-electron chi connectivity index (χ1n) is 8.91. The number of imide groups is 1. The maximum absolute atomic E-state index is 12.9. The summed E-state index contributed by atoms with van der Waals surface area (Å²) in [5.74, 6) is -0.897. The van der Waals surface area contributed by atoms with Crippen LogP contribution in [0.2, 0.25) is 0 Å². The van der Waals surface area contributed by atoms with E-state index in [0.717, 1.165) is 16.7 Å². The minimum atomic E-state index is -1.15. The van der Waals surface area contributed by atoms with Crippen LogP contribution in [0.5, 0.6) is 0 Å². The first kappa shape index (κ1) is 18.6.